The number of para-hydroxylation sites is 3. The Morgan fingerprint density at radius 2 is 1.97 bits per heavy atom. The Morgan fingerprint density at radius 1 is 1.19 bits per heavy atom. The van der Waals surface area contributed by atoms with Gasteiger partial charge in [-0.1, -0.05) is 30.3 Å². The largest absolute Gasteiger partial charge is 0.464 e. The van der Waals surface area contributed by atoms with Gasteiger partial charge in [-0.2, -0.15) is 0 Å². The van der Waals surface area contributed by atoms with Gasteiger partial charge in [0.25, 0.3) is 5.91 Å². The number of rotatable bonds is 8. The maximum absolute atomic E-state index is 13.1. The smallest absolute Gasteiger partial charge is 0.290 e. The first-order chi connectivity index (χ1) is 15.6. The third-order valence-corrected chi connectivity index (χ3v) is 5.71. The van der Waals surface area contributed by atoms with Gasteiger partial charge in [-0.15, -0.1) is 0 Å². The second-order valence-corrected chi connectivity index (χ2v) is 7.76. The zero-order valence-electron chi connectivity index (χ0n) is 18.0. The first-order valence-electron chi connectivity index (χ1n) is 10.8. The molecule has 1 aromatic heterocycles. The molecule has 0 aliphatic carbocycles. The molecule has 2 heterocycles. The Morgan fingerprint density at radius 3 is 2.75 bits per heavy atom. The highest BCUT2D eigenvalue weighted by molar-refractivity contribution is 6.04. The summed E-state index contributed by atoms with van der Waals surface area (Å²) in [6.07, 6.45) is 4.19. The van der Waals surface area contributed by atoms with Crippen molar-refractivity contribution in [1.29, 1.82) is 0 Å². The van der Waals surface area contributed by atoms with Crippen LogP contribution >= 0.6 is 0 Å². The van der Waals surface area contributed by atoms with Crippen molar-refractivity contribution in [2.24, 2.45) is 5.92 Å². The zero-order chi connectivity index (χ0) is 22.5. The van der Waals surface area contributed by atoms with E-state index < -0.39 is 12.2 Å². The Balaban J connectivity index is 1.73. The predicted octanol–water partition coefficient (Wildman–Crippen LogP) is 4.40. The molecule has 4 N–H and O–H groups in total. The minimum absolute atomic E-state index is 0.0680. The monoisotopic (exact) mass is 436 g/mol. The van der Waals surface area contributed by atoms with Crippen LogP contribution in [0.15, 0.2) is 71.0 Å². The molecule has 3 aromatic rings. The van der Waals surface area contributed by atoms with Gasteiger partial charge in [0.1, 0.15) is 5.58 Å². The van der Waals surface area contributed by atoms with Crippen LogP contribution in [0.5, 0.6) is 0 Å². The number of allylic oxidation sites excluding steroid dienone is 1. The number of furan rings is 1. The van der Waals surface area contributed by atoms with Crippen LogP contribution in [0.4, 0.5) is 11.4 Å². The molecule has 0 saturated heterocycles. The summed E-state index contributed by atoms with van der Waals surface area (Å²) in [6, 6.07) is 14.9. The summed E-state index contributed by atoms with van der Waals surface area (Å²) in [5.74, 6) is -0.515. The fourth-order valence-corrected chi connectivity index (χ4v) is 4.17. The van der Waals surface area contributed by atoms with Crippen molar-refractivity contribution >= 4 is 28.3 Å². The van der Waals surface area contributed by atoms with E-state index in [0.29, 0.717) is 30.8 Å². The quantitative estimate of drug-likeness (QED) is 0.452. The highest BCUT2D eigenvalue weighted by Crippen LogP contribution is 2.42. The molecular weight excluding hydrogens is 408 g/mol. The lowest BCUT2D eigenvalue weighted by Gasteiger charge is -2.36. The van der Waals surface area contributed by atoms with Crippen LogP contribution in [0.1, 0.15) is 31.2 Å². The molecule has 0 bridgehead atoms. The predicted molar refractivity (Wildman–Crippen MR) is 123 cm³/mol. The number of aliphatic hydroxyl groups excluding tert-OH is 1. The van der Waals surface area contributed by atoms with Gasteiger partial charge >= 0.3 is 0 Å². The Labute approximate surface area is 186 Å². The fourth-order valence-electron chi connectivity index (χ4n) is 4.17. The number of carbonyl (C=O) groups excluding carboxylic acids is 1. The summed E-state index contributed by atoms with van der Waals surface area (Å²) >= 11 is 0. The lowest BCUT2D eigenvalue weighted by atomic mass is 9.80. The third-order valence-electron chi connectivity index (χ3n) is 5.71. The summed E-state index contributed by atoms with van der Waals surface area (Å²) in [7, 11) is 0. The molecule has 3 atom stereocenters. The Hall–Kier alpha value is -3.29. The first-order valence-corrected chi connectivity index (χ1v) is 10.8. The van der Waals surface area contributed by atoms with Gasteiger partial charge in [0.15, 0.2) is 5.76 Å². The molecule has 7 heteroatoms. The standard InChI is InChI=1S/C25H28N2O5/c1-2-30-25-17(9-7-13-28)18(19-15-31-22-12-6-3-8-16(19)22)14-23(32-25)24(29)27-21-11-5-4-10-20(21)26/h3-6,8,10-12,14-15,17-18,25,28H,2,7,9,13,26H2,1H3,(H,27,29)/t17-,18+,25-/m1/s1. The molecule has 1 aliphatic rings. The highest BCUT2D eigenvalue weighted by atomic mass is 16.7. The van der Waals surface area contributed by atoms with Crippen LogP contribution in [-0.2, 0) is 14.3 Å². The molecule has 0 unspecified atom stereocenters. The van der Waals surface area contributed by atoms with E-state index in [1.807, 2.05) is 37.3 Å². The van der Waals surface area contributed by atoms with E-state index in [1.165, 1.54) is 0 Å². The molecule has 0 fully saturated rings. The van der Waals surface area contributed by atoms with Crippen LogP contribution in [0.25, 0.3) is 11.0 Å². The second-order valence-electron chi connectivity index (χ2n) is 7.76. The number of benzene rings is 2. The zero-order valence-corrected chi connectivity index (χ0v) is 18.0. The van der Waals surface area contributed by atoms with E-state index >= 15 is 0 Å². The number of aliphatic hydroxyl groups is 1. The summed E-state index contributed by atoms with van der Waals surface area (Å²) in [5, 5.41) is 13.2. The van der Waals surface area contributed by atoms with Gasteiger partial charge in [0.05, 0.1) is 17.6 Å². The normalized spacial score (nSPS) is 20.6. The number of nitrogens with one attached hydrogen (secondary N) is 1. The van der Waals surface area contributed by atoms with Crippen molar-refractivity contribution in [1.82, 2.24) is 0 Å². The van der Waals surface area contributed by atoms with Crippen molar-refractivity contribution in [2.75, 3.05) is 24.3 Å². The van der Waals surface area contributed by atoms with E-state index in [0.717, 1.165) is 16.5 Å². The van der Waals surface area contributed by atoms with Crippen molar-refractivity contribution in [3.8, 4) is 0 Å². The lowest BCUT2D eigenvalue weighted by Crippen LogP contribution is -2.37. The van der Waals surface area contributed by atoms with Crippen molar-refractivity contribution < 1.29 is 23.8 Å². The summed E-state index contributed by atoms with van der Waals surface area (Å²) in [5.41, 5.74) is 8.70. The summed E-state index contributed by atoms with van der Waals surface area (Å²) in [6.45, 7) is 2.38. The van der Waals surface area contributed by atoms with Crippen molar-refractivity contribution in [2.45, 2.75) is 32.0 Å². The lowest BCUT2D eigenvalue weighted by molar-refractivity contribution is -0.164. The molecule has 168 valence electrons. The second kappa shape index (κ2) is 9.89. The molecule has 4 rings (SSSR count). The molecule has 0 spiro atoms. The van der Waals surface area contributed by atoms with Crippen molar-refractivity contribution in [3.63, 3.8) is 0 Å². The topological polar surface area (TPSA) is 107 Å². The number of hydrogen-bond donors (Lipinski definition) is 3. The van der Waals surface area contributed by atoms with Crippen LogP contribution in [0.3, 0.4) is 0 Å². The maximum Gasteiger partial charge on any atom is 0.290 e. The van der Waals surface area contributed by atoms with E-state index in [-0.39, 0.29) is 24.2 Å². The van der Waals surface area contributed by atoms with Gasteiger partial charge in [-0.05, 0) is 44.0 Å². The number of amides is 1. The third kappa shape index (κ3) is 4.49. The summed E-state index contributed by atoms with van der Waals surface area (Å²) in [4.78, 5) is 13.1. The minimum atomic E-state index is -0.635. The number of fused-ring (bicyclic) bond motifs is 1. The molecule has 32 heavy (non-hydrogen) atoms. The summed E-state index contributed by atoms with van der Waals surface area (Å²) < 4.78 is 17.7. The van der Waals surface area contributed by atoms with E-state index in [4.69, 9.17) is 19.6 Å². The van der Waals surface area contributed by atoms with Gasteiger partial charge in [0.2, 0.25) is 6.29 Å². The number of nitrogens with two attached hydrogens (primary N) is 1. The molecule has 0 saturated carbocycles. The molecule has 2 aromatic carbocycles. The average Bonchev–Trinajstić information content (AvgIpc) is 3.23. The van der Waals surface area contributed by atoms with Gasteiger partial charge in [0, 0.05) is 36.0 Å². The first kappa shape index (κ1) is 21.9. The van der Waals surface area contributed by atoms with E-state index in [1.54, 1.807) is 30.5 Å². The van der Waals surface area contributed by atoms with Crippen LogP contribution < -0.4 is 11.1 Å². The number of hydrogen-bond acceptors (Lipinski definition) is 6. The van der Waals surface area contributed by atoms with E-state index in [2.05, 4.69) is 5.32 Å². The van der Waals surface area contributed by atoms with Gasteiger partial charge < -0.3 is 30.0 Å². The van der Waals surface area contributed by atoms with Gasteiger partial charge in [-0.3, -0.25) is 4.79 Å². The Kier molecular flexibility index (Phi) is 6.78. The number of carbonyl (C=O) groups is 1. The highest BCUT2D eigenvalue weighted by Gasteiger charge is 2.39. The fraction of sp³-hybridized carbons (Fsp3) is 0.320. The van der Waals surface area contributed by atoms with E-state index in [9.17, 15) is 9.90 Å². The van der Waals surface area contributed by atoms with Crippen LogP contribution in [0.2, 0.25) is 0 Å². The Bertz CT molecular complexity index is 1110. The number of ether oxygens (including phenoxy) is 2. The molecular formula is C25H28N2O5. The molecule has 1 aliphatic heterocycles. The number of nitrogen functional groups attached to an aromatic ring is 1. The SMILES string of the molecule is CCO[C@@H]1OC(C(=O)Nc2ccccc2N)=C[C@H](c2coc3ccccc23)[C@H]1CCCO. The van der Waals surface area contributed by atoms with Gasteiger partial charge in [-0.25, -0.2) is 0 Å². The van der Waals surface area contributed by atoms with Crippen LogP contribution in [-0.4, -0.2) is 30.5 Å². The number of anilines is 2. The maximum atomic E-state index is 13.1. The molecule has 7 nitrogen and oxygen atoms in total. The molecule has 1 amide bonds. The molecule has 0 radical (unpaired) electrons. The van der Waals surface area contributed by atoms with Crippen molar-refractivity contribution in [3.05, 3.63) is 72.2 Å². The minimum Gasteiger partial charge on any atom is -0.464 e. The van der Waals surface area contributed by atoms with Crippen LogP contribution in [0, 0.1) is 5.92 Å². The average molecular weight is 437 g/mol.